The zero-order chi connectivity index (χ0) is 23.0. The van der Waals surface area contributed by atoms with Crippen molar-refractivity contribution in [2.24, 2.45) is 0 Å². The van der Waals surface area contributed by atoms with E-state index in [4.69, 9.17) is 0 Å². The Hall–Kier alpha value is -3.95. The Balaban J connectivity index is 1.84. The number of alkyl halides is 3. The third kappa shape index (κ3) is 4.25. The highest BCUT2D eigenvalue weighted by atomic mass is 19.4. The molecule has 6 nitrogen and oxygen atoms in total. The van der Waals surface area contributed by atoms with E-state index in [2.05, 4.69) is 20.7 Å². The number of carbonyl (C=O) groups excluding carboxylic acids is 1. The van der Waals surface area contributed by atoms with Crippen LogP contribution >= 0.6 is 0 Å². The van der Waals surface area contributed by atoms with Gasteiger partial charge in [-0.3, -0.25) is 4.79 Å². The van der Waals surface area contributed by atoms with Crippen molar-refractivity contribution in [1.82, 2.24) is 14.6 Å². The molecular weight excluding hydrogens is 426 g/mol. The molecular formula is C22H17F4N5O. The van der Waals surface area contributed by atoms with Crippen molar-refractivity contribution in [3.05, 3.63) is 71.8 Å². The monoisotopic (exact) mass is 443 g/mol. The zero-order valence-electron chi connectivity index (χ0n) is 17.0. The molecule has 0 spiro atoms. The molecule has 0 atom stereocenters. The Bertz CT molecular complexity index is 1300. The first-order valence-electron chi connectivity index (χ1n) is 9.50. The SMILES string of the molecule is CC(=O)Nc1ccc(Nc2cc(C)nc3c(-c4ccc(F)cc4)c(C(F)(F)F)nn23)cc1. The lowest BCUT2D eigenvalue weighted by molar-refractivity contribution is -0.140. The lowest BCUT2D eigenvalue weighted by atomic mass is 10.1. The van der Waals surface area contributed by atoms with Crippen LogP contribution in [0, 0.1) is 12.7 Å². The minimum absolute atomic E-state index is 0.0127. The van der Waals surface area contributed by atoms with Crippen molar-refractivity contribution in [2.75, 3.05) is 10.6 Å². The molecule has 32 heavy (non-hydrogen) atoms. The summed E-state index contributed by atoms with van der Waals surface area (Å²) in [5.74, 6) is -0.520. The fourth-order valence-corrected chi connectivity index (χ4v) is 3.30. The number of benzene rings is 2. The molecule has 0 aliphatic carbocycles. The standard InChI is InChI=1S/C22H17F4N5O/c1-12-11-18(29-17-9-7-16(8-10-17)28-13(2)32)31-21(27-12)19(20(30-31)22(24,25)26)14-3-5-15(23)6-4-14/h3-11,29H,1-2H3,(H,28,32). The molecule has 0 unspecified atom stereocenters. The predicted molar refractivity (Wildman–Crippen MR) is 112 cm³/mol. The second-order valence-electron chi connectivity index (χ2n) is 7.13. The van der Waals surface area contributed by atoms with Crippen molar-refractivity contribution < 1.29 is 22.4 Å². The maximum Gasteiger partial charge on any atom is 0.435 e. The summed E-state index contributed by atoms with van der Waals surface area (Å²) >= 11 is 0. The molecule has 2 heterocycles. The minimum atomic E-state index is -4.75. The Morgan fingerprint density at radius 3 is 2.22 bits per heavy atom. The minimum Gasteiger partial charge on any atom is -0.340 e. The van der Waals surface area contributed by atoms with Crippen LogP contribution in [0.4, 0.5) is 34.8 Å². The van der Waals surface area contributed by atoms with Crippen LogP contribution in [-0.4, -0.2) is 20.5 Å². The topological polar surface area (TPSA) is 71.3 Å². The van der Waals surface area contributed by atoms with Crippen molar-refractivity contribution in [3.63, 3.8) is 0 Å². The van der Waals surface area contributed by atoms with Gasteiger partial charge in [0.1, 0.15) is 11.6 Å². The Morgan fingerprint density at radius 1 is 1.00 bits per heavy atom. The highest BCUT2D eigenvalue weighted by molar-refractivity contribution is 5.89. The quantitative estimate of drug-likeness (QED) is 0.405. The molecule has 1 amide bonds. The molecule has 2 aromatic carbocycles. The number of hydrogen-bond acceptors (Lipinski definition) is 4. The summed E-state index contributed by atoms with van der Waals surface area (Å²) in [5.41, 5.74) is 0.400. The van der Waals surface area contributed by atoms with E-state index < -0.39 is 17.7 Å². The molecule has 10 heteroatoms. The smallest absolute Gasteiger partial charge is 0.340 e. The third-order valence-electron chi connectivity index (χ3n) is 4.60. The van der Waals surface area contributed by atoms with Crippen LogP contribution in [0.3, 0.4) is 0 Å². The number of carbonyl (C=O) groups is 1. The van der Waals surface area contributed by atoms with Crippen LogP contribution < -0.4 is 10.6 Å². The van der Waals surface area contributed by atoms with E-state index in [-0.39, 0.29) is 28.5 Å². The predicted octanol–water partition coefficient (Wildman–Crippen LogP) is 5.56. The lowest BCUT2D eigenvalue weighted by Crippen LogP contribution is -2.08. The number of rotatable bonds is 4. The van der Waals surface area contributed by atoms with E-state index >= 15 is 0 Å². The van der Waals surface area contributed by atoms with Gasteiger partial charge in [-0.2, -0.15) is 22.8 Å². The molecule has 0 bridgehead atoms. The number of fused-ring (bicyclic) bond motifs is 1. The van der Waals surface area contributed by atoms with Crippen LogP contribution in [0.25, 0.3) is 16.8 Å². The van der Waals surface area contributed by atoms with Crippen LogP contribution in [0.2, 0.25) is 0 Å². The van der Waals surface area contributed by atoms with Gasteiger partial charge in [0, 0.05) is 30.1 Å². The summed E-state index contributed by atoms with van der Waals surface area (Å²) in [6, 6.07) is 12.9. The molecule has 0 radical (unpaired) electrons. The van der Waals surface area contributed by atoms with E-state index in [0.29, 0.717) is 17.1 Å². The number of amides is 1. The highest BCUT2D eigenvalue weighted by Crippen LogP contribution is 2.39. The number of halogens is 4. The summed E-state index contributed by atoms with van der Waals surface area (Å²) in [4.78, 5) is 15.4. The number of aromatic nitrogens is 3. The zero-order valence-corrected chi connectivity index (χ0v) is 17.0. The summed E-state index contributed by atoms with van der Waals surface area (Å²) in [5, 5.41) is 9.47. The molecule has 4 rings (SSSR count). The largest absolute Gasteiger partial charge is 0.435 e. The van der Waals surface area contributed by atoms with Crippen molar-refractivity contribution in [2.45, 2.75) is 20.0 Å². The van der Waals surface area contributed by atoms with Crippen LogP contribution in [-0.2, 0) is 11.0 Å². The van der Waals surface area contributed by atoms with E-state index in [1.54, 1.807) is 37.3 Å². The van der Waals surface area contributed by atoms with Gasteiger partial charge < -0.3 is 10.6 Å². The van der Waals surface area contributed by atoms with Gasteiger partial charge in [-0.1, -0.05) is 12.1 Å². The Morgan fingerprint density at radius 2 is 1.62 bits per heavy atom. The number of nitrogens with zero attached hydrogens (tertiary/aromatic N) is 3. The van der Waals surface area contributed by atoms with E-state index in [1.165, 1.54) is 19.1 Å². The molecule has 164 valence electrons. The highest BCUT2D eigenvalue weighted by Gasteiger charge is 2.39. The van der Waals surface area contributed by atoms with Gasteiger partial charge in [0.2, 0.25) is 5.91 Å². The average molecular weight is 443 g/mol. The van der Waals surface area contributed by atoms with Crippen molar-refractivity contribution in [3.8, 4) is 11.1 Å². The van der Waals surface area contributed by atoms with Gasteiger partial charge in [0.05, 0.1) is 5.56 Å². The molecule has 0 aliphatic rings. The molecule has 0 saturated carbocycles. The van der Waals surface area contributed by atoms with Crippen molar-refractivity contribution >= 4 is 28.7 Å². The lowest BCUT2D eigenvalue weighted by Gasteiger charge is -2.11. The Kier molecular flexibility index (Phi) is 5.29. The van der Waals surface area contributed by atoms with Crippen LogP contribution in [0.1, 0.15) is 18.3 Å². The van der Waals surface area contributed by atoms with Gasteiger partial charge >= 0.3 is 6.18 Å². The summed E-state index contributed by atoms with van der Waals surface area (Å²) in [6.45, 7) is 3.04. The maximum atomic E-state index is 13.8. The molecule has 0 aliphatic heterocycles. The fraction of sp³-hybridized carbons (Fsp3) is 0.136. The van der Waals surface area contributed by atoms with Crippen LogP contribution in [0.15, 0.2) is 54.6 Å². The summed E-state index contributed by atoms with van der Waals surface area (Å²) in [6.07, 6.45) is -4.75. The fourth-order valence-electron chi connectivity index (χ4n) is 3.30. The van der Waals surface area contributed by atoms with E-state index in [1.807, 2.05) is 0 Å². The molecule has 2 N–H and O–H groups in total. The van der Waals surface area contributed by atoms with Gasteiger partial charge in [-0.25, -0.2) is 9.37 Å². The van der Waals surface area contributed by atoms with Gasteiger partial charge in [0.25, 0.3) is 0 Å². The van der Waals surface area contributed by atoms with Crippen LogP contribution in [0.5, 0.6) is 0 Å². The third-order valence-corrected chi connectivity index (χ3v) is 4.60. The number of aryl methyl sites for hydroxylation is 1. The molecule has 0 fully saturated rings. The summed E-state index contributed by atoms with van der Waals surface area (Å²) in [7, 11) is 0. The first kappa shape index (κ1) is 21.3. The average Bonchev–Trinajstić information content (AvgIpc) is 3.10. The van der Waals surface area contributed by atoms with Gasteiger partial charge in [-0.05, 0) is 48.9 Å². The molecule has 0 saturated heterocycles. The molecule has 2 aromatic heterocycles. The first-order valence-corrected chi connectivity index (χ1v) is 9.50. The van der Waals surface area contributed by atoms with Gasteiger partial charge in [-0.15, -0.1) is 0 Å². The second kappa shape index (κ2) is 7.95. The number of nitrogens with one attached hydrogen (secondary N) is 2. The molecule has 4 aromatic rings. The van der Waals surface area contributed by atoms with Gasteiger partial charge in [0.15, 0.2) is 11.3 Å². The van der Waals surface area contributed by atoms with E-state index in [9.17, 15) is 22.4 Å². The summed E-state index contributed by atoms with van der Waals surface area (Å²) < 4.78 is 55.9. The number of hydrogen-bond donors (Lipinski definition) is 2. The van der Waals surface area contributed by atoms with Crippen molar-refractivity contribution in [1.29, 1.82) is 0 Å². The maximum absolute atomic E-state index is 13.8. The normalized spacial score (nSPS) is 11.6. The second-order valence-corrected chi connectivity index (χ2v) is 7.13. The Labute approximate surface area is 179 Å². The number of anilines is 3. The first-order chi connectivity index (χ1) is 15.1. The van der Waals surface area contributed by atoms with E-state index in [0.717, 1.165) is 16.6 Å².